The molecule has 0 spiro atoms. The fraction of sp³-hybridized carbons (Fsp3) is 0.375. The molecule has 0 aromatic heterocycles. The molecule has 1 aliphatic carbocycles. The highest BCUT2D eigenvalue weighted by atomic mass is 16.5. The quantitative estimate of drug-likeness (QED) is 0.463. The molecule has 0 aliphatic heterocycles. The van der Waals surface area contributed by atoms with Gasteiger partial charge in [-0.1, -0.05) is 48.5 Å². The summed E-state index contributed by atoms with van der Waals surface area (Å²) in [5, 5.41) is 13.9. The van der Waals surface area contributed by atoms with Crippen LogP contribution in [0, 0.1) is 0 Å². The van der Waals surface area contributed by atoms with E-state index in [9.17, 15) is 14.4 Å². The summed E-state index contributed by atoms with van der Waals surface area (Å²) in [5.74, 6) is -1.23. The maximum Gasteiger partial charge on any atom is 0.407 e. The molecule has 3 rings (SSSR count). The first-order valence-corrected chi connectivity index (χ1v) is 10.6. The molecule has 0 saturated heterocycles. The van der Waals surface area contributed by atoms with E-state index in [1.165, 1.54) is 11.1 Å². The molecule has 1 atom stereocenters. The van der Waals surface area contributed by atoms with Gasteiger partial charge < -0.3 is 25.2 Å². The Balaban J connectivity index is 1.33. The topological polar surface area (TPSA) is 114 Å². The molecule has 0 heterocycles. The molecule has 170 valence electrons. The molecule has 2 aromatic rings. The van der Waals surface area contributed by atoms with Gasteiger partial charge in [-0.2, -0.15) is 0 Å². The molecule has 0 bridgehead atoms. The zero-order valence-electron chi connectivity index (χ0n) is 18.0. The fourth-order valence-electron chi connectivity index (χ4n) is 3.80. The number of fused-ring (bicyclic) bond motifs is 3. The Labute approximate surface area is 186 Å². The van der Waals surface area contributed by atoms with E-state index in [4.69, 9.17) is 14.6 Å². The lowest BCUT2D eigenvalue weighted by Crippen LogP contribution is -2.35. The third-order valence-corrected chi connectivity index (χ3v) is 5.22. The van der Waals surface area contributed by atoms with Gasteiger partial charge in [0, 0.05) is 24.9 Å². The Morgan fingerprint density at radius 3 is 2.25 bits per heavy atom. The summed E-state index contributed by atoms with van der Waals surface area (Å²) in [4.78, 5) is 34.3. The number of carboxylic acids is 1. The summed E-state index contributed by atoms with van der Waals surface area (Å²) in [5.41, 5.74) is 4.65. The van der Waals surface area contributed by atoms with E-state index in [0.717, 1.165) is 11.1 Å². The first-order chi connectivity index (χ1) is 15.5. The monoisotopic (exact) mass is 440 g/mol. The van der Waals surface area contributed by atoms with Crippen molar-refractivity contribution in [3.63, 3.8) is 0 Å². The number of benzene rings is 2. The van der Waals surface area contributed by atoms with Crippen LogP contribution in [-0.2, 0) is 19.1 Å². The molecule has 8 nitrogen and oxygen atoms in total. The number of carbonyl (C=O) groups excluding carboxylic acids is 2. The number of aliphatic carboxylic acids is 1. The van der Waals surface area contributed by atoms with Gasteiger partial charge in [0.2, 0.25) is 5.91 Å². The second-order valence-electron chi connectivity index (χ2n) is 7.68. The lowest BCUT2D eigenvalue weighted by molar-refractivity contribution is -0.137. The molecular weight excluding hydrogens is 412 g/mol. The highest BCUT2D eigenvalue weighted by Gasteiger charge is 2.28. The third kappa shape index (κ3) is 6.31. The van der Waals surface area contributed by atoms with Crippen LogP contribution in [0.2, 0.25) is 0 Å². The Kier molecular flexibility index (Phi) is 8.21. The molecule has 2 amide bonds. The van der Waals surface area contributed by atoms with Crippen LogP contribution < -0.4 is 10.6 Å². The number of carboxylic acid groups (broad SMARTS) is 1. The lowest BCUT2D eigenvalue weighted by Gasteiger charge is -2.14. The molecule has 0 radical (unpaired) electrons. The van der Waals surface area contributed by atoms with Gasteiger partial charge in [0.05, 0.1) is 19.6 Å². The standard InChI is InChI=1S/C24H28N2O6/c1-16(14-23(28)29)26-22(27)10-12-31-13-11-25-24(30)32-15-21-19-8-4-2-6-17(19)18-7-3-5-9-20(18)21/h2-9,16,21H,10-15H2,1H3,(H,25,30)(H,26,27)(H,28,29)/t16-/m0/s1. The number of rotatable bonds is 11. The van der Waals surface area contributed by atoms with Crippen LogP contribution in [0.25, 0.3) is 11.1 Å². The van der Waals surface area contributed by atoms with Gasteiger partial charge in [-0.15, -0.1) is 0 Å². The highest BCUT2D eigenvalue weighted by Crippen LogP contribution is 2.44. The van der Waals surface area contributed by atoms with Crippen LogP contribution in [0.15, 0.2) is 48.5 Å². The van der Waals surface area contributed by atoms with Gasteiger partial charge in [0.25, 0.3) is 0 Å². The van der Waals surface area contributed by atoms with Crippen molar-refractivity contribution >= 4 is 18.0 Å². The van der Waals surface area contributed by atoms with Gasteiger partial charge in [0.1, 0.15) is 6.61 Å². The van der Waals surface area contributed by atoms with Crippen LogP contribution in [0.1, 0.15) is 36.8 Å². The molecule has 32 heavy (non-hydrogen) atoms. The normalized spacial score (nSPS) is 13.0. The van der Waals surface area contributed by atoms with E-state index in [1.54, 1.807) is 6.92 Å². The van der Waals surface area contributed by atoms with E-state index in [0.29, 0.717) is 0 Å². The summed E-state index contributed by atoms with van der Waals surface area (Å²) in [7, 11) is 0. The zero-order valence-corrected chi connectivity index (χ0v) is 18.0. The van der Waals surface area contributed by atoms with Crippen molar-refractivity contribution in [2.24, 2.45) is 0 Å². The van der Waals surface area contributed by atoms with Crippen LogP contribution >= 0.6 is 0 Å². The van der Waals surface area contributed by atoms with Crippen molar-refractivity contribution in [2.45, 2.75) is 31.7 Å². The summed E-state index contributed by atoms with van der Waals surface area (Å²) in [6.07, 6.45) is -0.526. The average Bonchev–Trinajstić information content (AvgIpc) is 3.08. The van der Waals surface area contributed by atoms with Crippen molar-refractivity contribution in [3.8, 4) is 11.1 Å². The number of ether oxygens (including phenoxy) is 2. The predicted octanol–water partition coefficient (Wildman–Crippen LogP) is 2.91. The first-order valence-electron chi connectivity index (χ1n) is 10.6. The third-order valence-electron chi connectivity index (χ3n) is 5.22. The number of amides is 2. The fourth-order valence-corrected chi connectivity index (χ4v) is 3.80. The van der Waals surface area contributed by atoms with Crippen LogP contribution in [0.3, 0.4) is 0 Å². The Morgan fingerprint density at radius 2 is 1.62 bits per heavy atom. The van der Waals surface area contributed by atoms with Gasteiger partial charge >= 0.3 is 12.1 Å². The van der Waals surface area contributed by atoms with Gasteiger partial charge in [-0.05, 0) is 29.2 Å². The summed E-state index contributed by atoms with van der Waals surface area (Å²) in [6.45, 7) is 2.55. The number of hydrogen-bond donors (Lipinski definition) is 3. The summed E-state index contributed by atoms with van der Waals surface area (Å²) >= 11 is 0. The molecule has 0 saturated carbocycles. The van der Waals surface area contributed by atoms with E-state index >= 15 is 0 Å². The first kappa shape index (κ1) is 23.3. The number of alkyl carbamates (subject to hydrolysis) is 1. The number of carbonyl (C=O) groups is 3. The largest absolute Gasteiger partial charge is 0.481 e. The van der Waals surface area contributed by atoms with E-state index in [1.807, 2.05) is 24.3 Å². The molecule has 1 aliphatic rings. The zero-order chi connectivity index (χ0) is 22.9. The molecular formula is C24H28N2O6. The molecule has 0 unspecified atom stereocenters. The average molecular weight is 440 g/mol. The highest BCUT2D eigenvalue weighted by molar-refractivity contribution is 5.79. The second-order valence-corrected chi connectivity index (χ2v) is 7.68. The Morgan fingerprint density at radius 1 is 1.00 bits per heavy atom. The van der Waals surface area contributed by atoms with E-state index in [-0.39, 0.29) is 51.0 Å². The smallest absolute Gasteiger partial charge is 0.407 e. The van der Waals surface area contributed by atoms with E-state index in [2.05, 4.69) is 34.9 Å². The minimum absolute atomic E-state index is 0.00595. The summed E-state index contributed by atoms with van der Waals surface area (Å²) < 4.78 is 10.8. The molecule has 2 aromatic carbocycles. The Bertz CT molecular complexity index is 916. The van der Waals surface area contributed by atoms with Crippen molar-refractivity contribution < 1.29 is 29.0 Å². The molecule has 3 N–H and O–H groups in total. The maximum atomic E-state index is 12.1. The van der Waals surface area contributed by atoms with Gasteiger partial charge in [-0.25, -0.2) is 4.79 Å². The molecule has 8 heteroatoms. The summed E-state index contributed by atoms with van der Waals surface area (Å²) in [6, 6.07) is 15.8. The molecule has 0 fully saturated rings. The van der Waals surface area contributed by atoms with Crippen molar-refractivity contribution in [2.75, 3.05) is 26.4 Å². The number of nitrogens with one attached hydrogen (secondary N) is 2. The maximum absolute atomic E-state index is 12.1. The minimum Gasteiger partial charge on any atom is -0.481 e. The van der Waals surface area contributed by atoms with Crippen LogP contribution in [0.4, 0.5) is 4.79 Å². The minimum atomic E-state index is -0.964. The van der Waals surface area contributed by atoms with E-state index < -0.39 is 18.1 Å². The van der Waals surface area contributed by atoms with Crippen LogP contribution in [0.5, 0.6) is 0 Å². The van der Waals surface area contributed by atoms with Crippen molar-refractivity contribution in [1.82, 2.24) is 10.6 Å². The second kappa shape index (κ2) is 11.3. The Hall–Kier alpha value is -3.39. The van der Waals surface area contributed by atoms with Crippen molar-refractivity contribution in [3.05, 3.63) is 59.7 Å². The van der Waals surface area contributed by atoms with Gasteiger partial charge in [0.15, 0.2) is 0 Å². The van der Waals surface area contributed by atoms with Crippen molar-refractivity contribution in [1.29, 1.82) is 0 Å². The van der Waals surface area contributed by atoms with Crippen LogP contribution in [-0.4, -0.2) is 55.5 Å². The SMILES string of the molecule is C[C@@H](CC(=O)O)NC(=O)CCOCCNC(=O)OCC1c2ccccc2-c2ccccc21. The lowest BCUT2D eigenvalue weighted by atomic mass is 9.98. The van der Waals surface area contributed by atoms with Gasteiger partial charge in [-0.3, -0.25) is 9.59 Å². The predicted molar refractivity (Wildman–Crippen MR) is 118 cm³/mol. The number of hydrogen-bond acceptors (Lipinski definition) is 5.